The highest BCUT2D eigenvalue weighted by molar-refractivity contribution is 6.37. The molecule has 0 aliphatic carbocycles. The molecule has 1 aromatic heterocycles. The van der Waals surface area contributed by atoms with Crippen LogP contribution in [0.2, 0.25) is 15.1 Å². The maximum atomic E-state index is 12.1. The third kappa shape index (κ3) is 3.38. The van der Waals surface area contributed by atoms with E-state index in [9.17, 15) is 4.79 Å². The van der Waals surface area contributed by atoms with Crippen molar-refractivity contribution in [1.82, 2.24) is 4.98 Å². The van der Waals surface area contributed by atoms with Crippen molar-refractivity contribution in [2.75, 3.05) is 5.32 Å². The summed E-state index contributed by atoms with van der Waals surface area (Å²) in [5.41, 5.74) is 1.50. The fourth-order valence-corrected chi connectivity index (χ4v) is 2.22. The Kier molecular flexibility index (Phi) is 4.30. The highest BCUT2D eigenvalue weighted by Crippen LogP contribution is 2.26. The number of halogens is 3. The lowest BCUT2D eigenvalue weighted by molar-refractivity contribution is 0.102. The normalized spacial score (nSPS) is 10.3. The minimum Gasteiger partial charge on any atom is -0.321 e. The quantitative estimate of drug-likeness (QED) is 0.880. The standard InChI is InChI=1S/C13H9Cl3N2O/c1-7-4-10(15)9(6-17-7)13(19)18-12-3-2-8(14)5-11(12)16/h2-6H,1H3,(H,18,19). The summed E-state index contributed by atoms with van der Waals surface area (Å²) in [6.07, 6.45) is 1.43. The van der Waals surface area contributed by atoms with Gasteiger partial charge in [-0.05, 0) is 31.2 Å². The molecule has 0 aliphatic rings. The number of hydrogen-bond donors (Lipinski definition) is 1. The number of anilines is 1. The van der Waals surface area contributed by atoms with Crippen molar-refractivity contribution in [2.45, 2.75) is 6.92 Å². The van der Waals surface area contributed by atoms with Crippen molar-refractivity contribution < 1.29 is 4.79 Å². The number of pyridine rings is 1. The van der Waals surface area contributed by atoms with Crippen molar-refractivity contribution in [3.05, 3.63) is 56.8 Å². The molecule has 0 unspecified atom stereocenters. The molecule has 2 aromatic rings. The molecule has 1 N–H and O–H groups in total. The van der Waals surface area contributed by atoms with E-state index in [1.807, 2.05) is 0 Å². The molecular formula is C13H9Cl3N2O. The smallest absolute Gasteiger partial charge is 0.258 e. The number of amides is 1. The zero-order chi connectivity index (χ0) is 14.0. The van der Waals surface area contributed by atoms with Crippen LogP contribution in [0.3, 0.4) is 0 Å². The molecule has 1 aromatic carbocycles. The summed E-state index contributed by atoms with van der Waals surface area (Å²) in [6, 6.07) is 6.43. The van der Waals surface area contributed by atoms with Gasteiger partial charge in [0.15, 0.2) is 0 Å². The summed E-state index contributed by atoms with van der Waals surface area (Å²) in [5, 5.41) is 3.86. The van der Waals surface area contributed by atoms with Crippen LogP contribution < -0.4 is 5.32 Å². The first-order valence-electron chi connectivity index (χ1n) is 5.36. The predicted molar refractivity (Wildman–Crippen MR) is 78.4 cm³/mol. The molecule has 0 bridgehead atoms. The number of rotatable bonds is 2. The Morgan fingerprint density at radius 1 is 1.16 bits per heavy atom. The lowest BCUT2D eigenvalue weighted by Gasteiger charge is -2.08. The van der Waals surface area contributed by atoms with Crippen LogP contribution in [0.25, 0.3) is 0 Å². The first-order chi connectivity index (χ1) is 8.97. The molecule has 6 heteroatoms. The van der Waals surface area contributed by atoms with E-state index in [1.165, 1.54) is 6.20 Å². The Hall–Kier alpha value is -1.29. The number of nitrogens with zero attached hydrogens (tertiary/aromatic N) is 1. The summed E-state index contributed by atoms with van der Waals surface area (Å²) in [6.45, 7) is 1.80. The van der Waals surface area contributed by atoms with Gasteiger partial charge in [-0.25, -0.2) is 0 Å². The van der Waals surface area contributed by atoms with E-state index >= 15 is 0 Å². The predicted octanol–water partition coefficient (Wildman–Crippen LogP) is 4.60. The van der Waals surface area contributed by atoms with Crippen molar-refractivity contribution in [2.24, 2.45) is 0 Å². The zero-order valence-corrected chi connectivity index (χ0v) is 12.1. The number of hydrogen-bond acceptors (Lipinski definition) is 2. The molecule has 2 rings (SSSR count). The van der Waals surface area contributed by atoms with E-state index in [2.05, 4.69) is 10.3 Å². The molecule has 1 heterocycles. The molecule has 19 heavy (non-hydrogen) atoms. The third-order valence-corrected chi connectivity index (χ3v) is 3.27. The Labute approximate surface area is 125 Å². The Bertz CT molecular complexity index is 644. The molecule has 98 valence electrons. The van der Waals surface area contributed by atoms with E-state index in [-0.39, 0.29) is 5.91 Å². The van der Waals surface area contributed by atoms with Crippen LogP contribution in [0, 0.1) is 6.92 Å². The number of carbonyl (C=O) groups excluding carboxylic acids is 1. The SMILES string of the molecule is Cc1cc(Cl)c(C(=O)Nc2ccc(Cl)cc2Cl)cn1. The highest BCUT2D eigenvalue weighted by atomic mass is 35.5. The Morgan fingerprint density at radius 3 is 2.53 bits per heavy atom. The van der Waals surface area contributed by atoms with Crippen LogP contribution in [0.4, 0.5) is 5.69 Å². The number of aromatic nitrogens is 1. The lowest BCUT2D eigenvalue weighted by Crippen LogP contribution is -2.13. The minimum atomic E-state index is -0.373. The summed E-state index contributed by atoms with van der Waals surface area (Å²) >= 11 is 17.8. The monoisotopic (exact) mass is 314 g/mol. The molecule has 0 aliphatic heterocycles. The van der Waals surface area contributed by atoms with E-state index in [1.54, 1.807) is 31.2 Å². The van der Waals surface area contributed by atoms with E-state index in [4.69, 9.17) is 34.8 Å². The van der Waals surface area contributed by atoms with Crippen LogP contribution in [0.5, 0.6) is 0 Å². The molecule has 3 nitrogen and oxygen atoms in total. The van der Waals surface area contributed by atoms with Crippen LogP contribution in [0.1, 0.15) is 16.1 Å². The largest absolute Gasteiger partial charge is 0.321 e. The van der Waals surface area contributed by atoms with Gasteiger partial charge in [-0.2, -0.15) is 0 Å². The van der Waals surface area contributed by atoms with Crippen LogP contribution in [-0.2, 0) is 0 Å². The molecule has 0 spiro atoms. The third-order valence-electron chi connectivity index (χ3n) is 2.41. The van der Waals surface area contributed by atoms with Gasteiger partial charge in [-0.15, -0.1) is 0 Å². The molecular weight excluding hydrogens is 307 g/mol. The summed E-state index contributed by atoms with van der Waals surface area (Å²) in [4.78, 5) is 16.1. The lowest BCUT2D eigenvalue weighted by atomic mass is 10.2. The van der Waals surface area contributed by atoms with Crippen LogP contribution in [-0.4, -0.2) is 10.9 Å². The second kappa shape index (κ2) is 5.78. The maximum absolute atomic E-state index is 12.1. The maximum Gasteiger partial charge on any atom is 0.258 e. The van der Waals surface area contributed by atoms with Gasteiger partial charge < -0.3 is 5.32 Å². The van der Waals surface area contributed by atoms with Crippen molar-refractivity contribution in [3.63, 3.8) is 0 Å². The molecule has 0 saturated carbocycles. The first kappa shape index (κ1) is 14.1. The fourth-order valence-electron chi connectivity index (χ4n) is 1.47. The Morgan fingerprint density at radius 2 is 1.89 bits per heavy atom. The molecule has 0 saturated heterocycles. The molecule has 1 amide bonds. The first-order valence-corrected chi connectivity index (χ1v) is 6.49. The molecule has 0 atom stereocenters. The van der Waals surface area contributed by atoms with Gasteiger partial charge in [0.1, 0.15) is 0 Å². The summed E-state index contributed by atoms with van der Waals surface area (Å²) in [5.74, 6) is -0.373. The van der Waals surface area contributed by atoms with Gasteiger partial charge >= 0.3 is 0 Å². The topological polar surface area (TPSA) is 42.0 Å². The van der Waals surface area contributed by atoms with Gasteiger partial charge in [-0.1, -0.05) is 34.8 Å². The van der Waals surface area contributed by atoms with E-state index in [0.717, 1.165) is 5.69 Å². The number of carbonyl (C=O) groups is 1. The van der Waals surface area contributed by atoms with Gasteiger partial charge in [0, 0.05) is 16.9 Å². The number of benzene rings is 1. The number of nitrogens with one attached hydrogen (secondary N) is 1. The van der Waals surface area contributed by atoms with Crippen LogP contribution in [0.15, 0.2) is 30.5 Å². The van der Waals surface area contributed by atoms with Gasteiger partial charge in [0.2, 0.25) is 0 Å². The molecule has 0 radical (unpaired) electrons. The Balaban J connectivity index is 2.25. The van der Waals surface area contributed by atoms with Gasteiger partial charge in [-0.3, -0.25) is 9.78 Å². The van der Waals surface area contributed by atoms with Crippen molar-refractivity contribution >= 4 is 46.4 Å². The second-order valence-corrected chi connectivity index (χ2v) is 5.13. The van der Waals surface area contributed by atoms with Crippen molar-refractivity contribution in [1.29, 1.82) is 0 Å². The average Bonchev–Trinajstić information content (AvgIpc) is 2.32. The molecule has 0 fully saturated rings. The van der Waals surface area contributed by atoms with Crippen molar-refractivity contribution in [3.8, 4) is 0 Å². The van der Waals surface area contributed by atoms with E-state index < -0.39 is 0 Å². The zero-order valence-electron chi connectivity index (χ0n) is 9.88. The van der Waals surface area contributed by atoms with Gasteiger partial charge in [0.25, 0.3) is 5.91 Å². The second-order valence-electron chi connectivity index (χ2n) is 3.88. The van der Waals surface area contributed by atoms with E-state index in [0.29, 0.717) is 26.3 Å². The fraction of sp³-hybridized carbons (Fsp3) is 0.0769. The summed E-state index contributed by atoms with van der Waals surface area (Å²) in [7, 11) is 0. The minimum absolute atomic E-state index is 0.290. The summed E-state index contributed by atoms with van der Waals surface area (Å²) < 4.78 is 0. The number of aryl methyl sites for hydroxylation is 1. The average molecular weight is 316 g/mol. The highest BCUT2D eigenvalue weighted by Gasteiger charge is 2.13. The van der Waals surface area contributed by atoms with Crippen LogP contribution >= 0.6 is 34.8 Å². The van der Waals surface area contributed by atoms with Gasteiger partial charge in [0.05, 0.1) is 21.3 Å².